The summed E-state index contributed by atoms with van der Waals surface area (Å²) in [6, 6.07) is 6.35. The lowest BCUT2D eigenvalue weighted by atomic mass is 10.3. The minimum Gasteiger partial charge on any atom is -0.508 e. The number of rotatable bonds is 6. The Morgan fingerprint density at radius 1 is 1.23 bits per heavy atom. The first-order valence-electron chi connectivity index (χ1n) is 7.48. The number of anilines is 2. The second-order valence-corrected chi connectivity index (χ2v) is 5.41. The number of hydrogen-bond acceptors (Lipinski definition) is 8. The molecule has 0 atom stereocenters. The summed E-state index contributed by atoms with van der Waals surface area (Å²) in [7, 11) is 0. The van der Waals surface area contributed by atoms with E-state index in [9.17, 15) is 9.90 Å². The minimum atomic E-state index is -0.696. The van der Waals surface area contributed by atoms with Crippen LogP contribution in [0.15, 0.2) is 29.3 Å². The number of carbonyl (C=O) groups is 1. The number of nitrogens with two attached hydrogens (primary N) is 3. The van der Waals surface area contributed by atoms with Crippen LogP contribution >= 0.6 is 11.6 Å². The van der Waals surface area contributed by atoms with Gasteiger partial charge in [0, 0.05) is 13.0 Å². The van der Waals surface area contributed by atoms with Crippen molar-refractivity contribution in [3.8, 4) is 11.5 Å². The van der Waals surface area contributed by atoms with E-state index in [2.05, 4.69) is 20.3 Å². The Bertz CT molecular complexity index is 812. The van der Waals surface area contributed by atoms with Gasteiger partial charge in [-0.2, -0.15) is 0 Å². The largest absolute Gasteiger partial charge is 0.508 e. The second kappa shape index (κ2) is 8.72. The molecule has 1 aromatic heterocycles. The van der Waals surface area contributed by atoms with Crippen LogP contribution in [0.2, 0.25) is 5.15 Å². The molecule has 0 saturated heterocycles. The molecule has 0 aliphatic rings. The van der Waals surface area contributed by atoms with Gasteiger partial charge in [0.2, 0.25) is 0 Å². The van der Waals surface area contributed by atoms with Crippen LogP contribution in [0.25, 0.3) is 0 Å². The molecule has 0 bridgehead atoms. The number of amides is 1. The molecule has 26 heavy (non-hydrogen) atoms. The van der Waals surface area contributed by atoms with E-state index in [0.717, 1.165) is 0 Å². The number of nitrogens with zero attached hydrogens (tertiary/aromatic N) is 3. The van der Waals surface area contributed by atoms with Crippen LogP contribution < -0.4 is 27.3 Å². The number of hydrogen-bond donors (Lipinski definition) is 5. The first-order valence-corrected chi connectivity index (χ1v) is 7.86. The van der Waals surface area contributed by atoms with Crippen molar-refractivity contribution in [2.75, 3.05) is 24.6 Å². The van der Waals surface area contributed by atoms with Gasteiger partial charge in [-0.15, -0.1) is 0 Å². The summed E-state index contributed by atoms with van der Waals surface area (Å²) in [5, 5.41) is 11.4. The van der Waals surface area contributed by atoms with Crippen LogP contribution in [0.4, 0.5) is 11.6 Å². The molecule has 0 fully saturated rings. The van der Waals surface area contributed by atoms with Crippen molar-refractivity contribution in [3.05, 3.63) is 35.1 Å². The van der Waals surface area contributed by atoms with Gasteiger partial charge in [-0.25, -0.2) is 9.97 Å². The molecule has 2 rings (SSSR count). The summed E-state index contributed by atoms with van der Waals surface area (Å²) in [5.74, 6) is -0.247. The predicted octanol–water partition coefficient (Wildman–Crippen LogP) is 0.514. The zero-order valence-electron chi connectivity index (χ0n) is 13.6. The van der Waals surface area contributed by atoms with E-state index in [1.807, 2.05) is 0 Å². The van der Waals surface area contributed by atoms with Crippen LogP contribution in [0.1, 0.15) is 16.9 Å². The molecule has 1 heterocycles. The second-order valence-electron chi connectivity index (χ2n) is 5.05. The molecule has 0 aliphatic heterocycles. The van der Waals surface area contributed by atoms with Gasteiger partial charge < -0.3 is 27.0 Å². The third-order valence-electron chi connectivity index (χ3n) is 3.05. The third kappa shape index (κ3) is 5.38. The fourth-order valence-electron chi connectivity index (χ4n) is 1.82. The van der Waals surface area contributed by atoms with E-state index in [0.29, 0.717) is 25.3 Å². The zero-order valence-corrected chi connectivity index (χ0v) is 14.4. The molecule has 0 saturated carbocycles. The van der Waals surface area contributed by atoms with Crippen molar-refractivity contribution >= 4 is 35.1 Å². The van der Waals surface area contributed by atoms with Gasteiger partial charge in [0.1, 0.15) is 11.5 Å². The van der Waals surface area contributed by atoms with Crippen molar-refractivity contribution in [1.29, 1.82) is 0 Å². The monoisotopic (exact) mass is 379 g/mol. The van der Waals surface area contributed by atoms with Crippen LogP contribution in [-0.2, 0) is 0 Å². The Labute approximate surface area is 154 Å². The summed E-state index contributed by atoms with van der Waals surface area (Å²) < 4.78 is 5.46. The minimum absolute atomic E-state index is 0.0732. The number of halogens is 1. The Kier molecular flexibility index (Phi) is 6.39. The molecule has 0 aliphatic carbocycles. The number of ether oxygens (including phenoxy) is 1. The van der Waals surface area contributed by atoms with E-state index in [1.54, 1.807) is 12.1 Å². The predicted molar refractivity (Wildman–Crippen MR) is 98.0 cm³/mol. The van der Waals surface area contributed by atoms with E-state index in [1.165, 1.54) is 12.1 Å². The standard InChI is InChI=1S/C15H18ClN7O3/c16-11-13(18)22-12(17)10(21-11)14(25)23-15(19)20-6-1-7-26-9-4-2-8(24)3-5-9/h2-5,24H,1,6-7H2,(H4,17,18,22)(H3,19,20,23,25). The number of guanidine groups is 1. The summed E-state index contributed by atoms with van der Waals surface area (Å²) in [6.45, 7) is 0.718. The number of aromatic hydroxyl groups is 1. The summed E-state index contributed by atoms with van der Waals surface area (Å²) in [6.07, 6.45) is 0.563. The fraction of sp³-hybridized carbons (Fsp3) is 0.200. The molecule has 0 radical (unpaired) electrons. The zero-order chi connectivity index (χ0) is 19.1. The highest BCUT2D eigenvalue weighted by Crippen LogP contribution is 2.17. The molecular weight excluding hydrogens is 362 g/mol. The van der Waals surface area contributed by atoms with E-state index >= 15 is 0 Å². The highest BCUT2D eigenvalue weighted by molar-refractivity contribution is 6.31. The number of nitrogens with one attached hydrogen (secondary N) is 1. The number of aromatic nitrogens is 2. The Morgan fingerprint density at radius 3 is 2.62 bits per heavy atom. The maximum atomic E-state index is 12.0. The van der Waals surface area contributed by atoms with Gasteiger partial charge in [0.25, 0.3) is 5.91 Å². The maximum Gasteiger partial charge on any atom is 0.280 e. The molecule has 1 amide bonds. The van der Waals surface area contributed by atoms with E-state index in [-0.39, 0.29) is 34.2 Å². The van der Waals surface area contributed by atoms with E-state index in [4.69, 9.17) is 33.5 Å². The van der Waals surface area contributed by atoms with Crippen molar-refractivity contribution in [1.82, 2.24) is 15.3 Å². The number of nitrogen functional groups attached to an aromatic ring is 2. The molecular formula is C15H18ClN7O3. The molecule has 2 aromatic rings. The van der Waals surface area contributed by atoms with Crippen molar-refractivity contribution in [2.24, 2.45) is 10.7 Å². The highest BCUT2D eigenvalue weighted by Gasteiger charge is 2.16. The summed E-state index contributed by atoms with van der Waals surface area (Å²) in [5.41, 5.74) is 16.5. The summed E-state index contributed by atoms with van der Waals surface area (Å²) >= 11 is 5.72. The smallest absolute Gasteiger partial charge is 0.280 e. The first-order chi connectivity index (χ1) is 12.4. The number of benzene rings is 1. The molecule has 1 aromatic carbocycles. The molecule has 8 N–H and O–H groups in total. The summed E-state index contributed by atoms with van der Waals surface area (Å²) in [4.78, 5) is 23.5. The number of phenols is 1. The van der Waals surface area contributed by atoms with Crippen LogP contribution in [0, 0.1) is 0 Å². The van der Waals surface area contributed by atoms with Gasteiger partial charge >= 0.3 is 0 Å². The average molecular weight is 380 g/mol. The Balaban J connectivity index is 1.79. The van der Waals surface area contributed by atoms with Gasteiger partial charge in [-0.3, -0.25) is 15.1 Å². The SMILES string of the molecule is NC(=NCCCOc1ccc(O)cc1)NC(=O)c1nc(Cl)c(N)nc1N. The molecule has 0 unspecified atom stereocenters. The normalized spacial score (nSPS) is 11.2. The topological polar surface area (TPSA) is 175 Å². The van der Waals surface area contributed by atoms with Crippen LogP contribution in [0.3, 0.4) is 0 Å². The highest BCUT2D eigenvalue weighted by atomic mass is 35.5. The quantitative estimate of drug-likeness (QED) is 0.274. The number of phenolic OH excluding ortho intramolecular Hbond substituents is 1. The lowest BCUT2D eigenvalue weighted by molar-refractivity contribution is 0.0972. The molecule has 0 spiro atoms. The Morgan fingerprint density at radius 2 is 1.92 bits per heavy atom. The first kappa shape index (κ1) is 19.1. The molecule has 10 nitrogen and oxygen atoms in total. The number of aliphatic imine (C=N–C) groups is 1. The van der Waals surface area contributed by atoms with Gasteiger partial charge in [-0.05, 0) is 24.3 Å². The number of carbonyl (C=O) groups excluding carboxylic acids is 1. The molecule has 138 valence electrons. The fourth-order valence-corrected chi connectivity index (χ4v) is 1.95. The molecule has 11 heteroatoms. The van der Waals surface area contributed by atoms with Crippen LogP contribution in [0.5, 0.6) is 11.5 Å². The Hall–Kier alpha value is -3.27. The van der Waals surface area contributed by atoms with Gasteiger partial charge in [-0.1, -0.05) is 11.6 Å². The van der Waals surface area contributed by atoms with Crippen molar-refractivity contribution in [2.45, 2.75) is 6.42 Å². The average Bonchev–Trinajstić information content (AvgIpc) is 2.59. The lowest BCUT2D eigenvalue weighted by Crippen LogP contribution is -2.38. The van der Waals surface area contributed by atoms with Crippen molar-refractivity contribution in [3.63, 3.8) is 0 Å². The van der Waals surface area contributed by atoms with Crippen molar-refractivity contribution < 1.29 is 14.6 Å². The maximum absolute atomic E-state index is 12.0. The third-order valence-corrected chi connectivity index (χ3v) is 3.33. The lowest BCUT2D eigenvalue weighted by Gasteiger charge is -2.07. The van der Waals surface area contributed by atoms with E-state index < -0.39 is 5.91 Å². The van der Waals surface area contributed by atoms with Gasteiger partial charge in [0.05, 0.1) is 6.61 Å². The van der Waals surface area contributed by atoms with Crippen LogP contribution in [-0.4, -0.2) is 40.1 Å². The van der Waals surface area contributed by atoms with Gasteiger partial charge in [0.15, 0.2) is 28.4 Å².